The molecule has 2 amide bonds. The second kappa shape index (κ2) is 9.30. The first-order chi connectivity index (χ1) is 11.6. The van der Waals surface area contributed by atoms with Crippen LogP contribution in [-0.4, -0.2) is 55.7 Å². The zero-order valence-electron chi connectivity index (χ0n) is 16.3. The zero-order chi connectivity index (χ0) is 19.0. The number of hydrogen-bond donors (Lipinski definition) is 1. The molecule has 6 nitrogen and oxygen atoms in total. The van der Waals surface area contributed by atoms with Crippen LogP contribution in [0.5, 0.6) is 0 Å². The Hall–Kier alpha value is -2.24. The predicted octanol–water partition coefficient (Wildman–Crippen LogP) is 2.80. The Morgan fingerprint density at radius 2 is 1.92 bits per heavy atom. The number of carbonyl (C=O) groups is 2. The van der Waals surface area contributed by atoms with Crippen molar-refractivity contribution in [2.24, 2.45) is 0 Å². The van der Waals surface area contributed by atoms with E-state index in [1.165, 1.54) is 10.5 Å². The summed E-state index contributed by atoms with van der Waals surface area (Å²) >= 11 is 0. The number of carbonyl (C=O) groups excluding carboxylic acids is 2. The normalized spacial score (nSPS) is 11.0. The van der Waals surface area contributed by atoms with E-state index in [1.807, 2.05) is 6.07 Å². The molecule has 1 aromatic carbocycles. The maximum atomic E-state index is 12.0. The van der Waals surface area contributed by atoms with Crippen LogP contribution in [-0.2, 0) is 9.53 Å². The topological polar surface area (TPSA) is 61.9 Å². The van der Waals surface area contributed by atoms with Crippen molar-refractivity contribution in [3.63, 3.8) is 0 Å². The van der Waals surface area contributed by atoms with Crippen molar-refractivity contribution in [2.75, 3.05) is 38.1 Å². The minimum Gasteiger partial charge on any atom is -0.444 e. The number of nitrogens with one attached hydrogen (secondary N) is 1. The molecule has 0 aliphatic heterocycles. The number of benzene rings is 1. The Bertz CT molecular complexity index is 582. The molecule has 1 rings (SSSR count). The van der Waals surface area contributed by atoms with Crippen molar-refractivity contribution in [1.29, 1.82) is 0 Å². The van der Waals surface area contributed by atoms with E-state index < -0.39 is 11.7 Å². The van der Waals surface area contributed by atoms with Gasteiger partial charge in [0.05, 0.1) is 0 Å². The van der Waals surface area contributed by atoms with Gasteiger partial charge in [-0.1, -0.05) is 12.1 Å². The van der Waals surface area contributed by atoms with Crippen LogP contribution in [0.4, 0.5) is 10.5 Å². The van der Waals surface area contributed by atoms with Gasteiger partial charge in [-0.05, 0) is 52.3 Å². The van der Waals surface area contributed by atoms with E-state index in [4.69, 9.17) is 4.74 Å². The SMILES string of the molecule is CCN(CCNC(=O)CN(C)C(=O)OC(C)(C)C)c1cccc(C)c1. The summed E-state index contributed by atoms with van der Waals surface area (Å²) in [6.07, 6.45) is -0.502. The molecule has 0 unspecified atom stereocenters. The molecule has 25 heavy (non-hydrogen) atoms. The number of amides is 2. The molecule has 0 aliphatic carbocycles. The second-order valence-corrected chi connectivity index (χ2v) is 7.11. The van der Waals surface area contributed by atoms with Crippen LogP contribution in [0.3, 0.4) is 0 Å². The number of ether oxygens (including phenoxy) is 1. The maximum absolute atomic E-state index is 12.0. The maximum Gasteiger partial charge on any atom is 0.410 e. The number of rotatable bonds is 7. The highest BCUT2D eigenvalue weighted by atomic mass is 16.6. The molecular formula is C19H31N3O3. The van der Waals surface area contributed by atoms with Gasteiger partial charge in [0.1, 0.15) is 12.1 Å². The quantitative estimate of drug-likeness (QED) is 0.822. The van der Waals surface area contributed by atoms with Crippen molar-refractivity contribution in [2.45, 2.75) is 40.2 Å². The van der Waals surface area contributed by atoms with Crippen LogP contribution < -0.4 is 10.2 Å². The van der Waals surface area contributed by atoms with Gasteiger partial charge in [0.25, 0.3) is 0 Å². The van der Waals surface area contributed by atoms with Crippen LogP contribution >= 0.6 is 0 Å². The highest BCUT2D eigenvalue weighted by molar-refractivity contribution is 5.82. The van der Waals surface area contributed by atoms with Gasteiger partial charge in [0, 0.05) is 32.4 Å². The minimum atomic E-state index is -0.572. The van der Waals surface area contributed by atoms with Crippen molar-refractivity contribution in [3.8, 4) is 0 Å². The van der Waals surface area contributed by atoms with Gasteiger partial charge < -0.3 is 19.9 Å². The first-order valence-corrected chi connectivity index (χ1v) is 8.65. The summed E-state index contributed by atoms with van der Waals surface area (Å²) < 4.78 is 5.23. The van der Waals surface area contributed by atoms with Crippen molar-refractivity contribution >= 4 is 17.7 Å². The van der Waals surface area contributed by atoms with Gasteiger partial charge in [-0.2, -0.15) is 0 Å². The Labute approximate surface area is 151 Å². The molecule has 0 saturated carbocycles. The zero-order valence-corrected chi connectivity index (χ0v) is 16.3. The third kappa shape index (κ3) is 7.92. The van der Waals surface area contributed by atoms with Gasteiger partial charge in [-0.25, -0.2) is 4.79 Å². The van der Waals surface area contributed by atoms with E-state index in [2.05, 4.69) is 42.3 Å². The average molecular weight is 349 g/mol. The monoisotopic (exact) mass is 349 g/mol. The minimum absolute atomic E-state index is 0.0223. The number of anilines is 1. The Kier molecular flexibility index (Phi) is 7.74. The molecule has 0 spiro atoms. The van der Waals surface area contributed by atoms with Crippen molar-refractivity contribution < 1.29 is 14.3 Å². The van der Waals surface area contributed by atoms with Gasteiger partial charge in [0.15, 0.2) is 0 Å². The summed E-state index contributed by atoms with van der Waals surface area (Å²) in [6.45, 7) is 11.6. The third-order valence-corrected chi connectivity index (χ3v) is 3.54. The molecule has 0 aliphatic rings. The summed E-state index contributed by atoms with van der Waals surface area (Å²) in [7, 11) is 1.55. The molecule has 6 heteroatoms. The van der Waals surface area contributed by atoms with Gasteiger partial charge in [-0.15, -0.1) is 0 Å². The standard InChI is InChI=1S/C19H31N3O3/c1-7-22(16-10-8-9-15(2)13-16)12-11-20-17(23)14-21(6)18(24)25-19(3,4)5/h8-10,13H,7,11-12,14H2,1-6H3,(H,20,23). The third-order valence-electron chi connectivity index (χ3n) is 3.54. The van der Waals surface area contributed by atoms with Crippen LogP contribution in [0, 0.1) is 6.92 Å². The molecule has 0 bridgehead atoms. The Balaban J connectivity index is 2.41. The molecule has 0 heterocycles. The second-order valence-electron chi connectivity index (χ2n) is 7.11. The first-order valence-electron chi connectivity index (χ1n) is 8.65. The fourth-order valence-electron chi connectivity index (χ4n) is 2.30. The lowest BCUT2D eigenvalue weighted by molar-refractivity contribution is -0.121. The van der Waals surface area contributed by atoms with Crippen LogP contribution in [0.25, 0.3) is 0 Å². The van der Waals surface area contributed by atoms with E-state index in [-0.39, 0.29) is 12.5 Å². The van der Waals surface area contributed by atoms with E-state index in [9.17, 15) is 9.59 Å². The van der Waals surface area contributed by atoms with E-state index >= 15 is 0 Å². The van der Waals surface area contributed by atoms with Gasteiger partial charge in [-0.3, -0.25) is 4.79 Å². The molecule has 0 saturated heterocycles. The molecule has 140 valence electrons. The van der Waals surface area contributed by atoms with E-state index in [0.29, 0.717) is 13.1 Å². The number of likely N-dealkylation sites (N-methyl/N-ethyl adjacent to an activating group) is 2. The van der Waals surface area contributed by atoms with Gasteiger partial charge in [0.2, 0.25) is 5.91 Å². The van der Waals surface area contributed by atoms with Crippen LogP contribution in [0.15, 0.2) is 24.3 Å². The summed E-state index contributed by atoms with van der Waals surface area (Å²) in [5, 5.41) is 2.85. The lowest BCUT2D eigenvalue weighted by Gasteiger charge is -2.25. The largest absolute Gasteiger partial charge is 0.444 e. The molecule has 1 N–H and O–H groups in total. The molecular weight excluding hydrogens is 318 g/mol. The van der Waals surface area contributed by atoms with E-state index in [1.54, 1.807) is 27.8 Å². The van der Waals surface area contributed by atoms with Crippen molar-refractivity contribution in [3.05, 3.63) is 29.8 Å². The predicted molar refractivity (Wildman–Crippen MR) is 101 cm³/mol. The highest BCUT2D eigenvalue weighted by Gasteiger charge is 2.21. The Morgan fingerprint density at radius 3 is 2.48 bits per heavy atom. The molecule has 0 aromatic heterocycles. The summed E-state index contributed by atoms with van der Waals surface area (Å²) in [4.78, 5) is 27.3. The summed E-state index contributed by atoms with van der Waals surface area (Å²) in [5.74, 6) is -0.200. The molecule has 0 radical (unpaired) electrons. The fraction of sp³-hybridized carbons (Fsp3) is 0.579. The molecule has 1 aromatic rings. The first kappa shape index (κ1) is 20.8. The fourth-order valence-corrected chi connectivity index (χ4v) is 2.30. The van der Waals surface area contributed by atoms with Crippen LogP contribution in [0.2, 0.25) is 0 Å². The van der Waals surface area contributed by atoms with Gasteiger partial charge >= 0.3 is 6.09 Å². The lowest BCUT2D eigenvalue weighted by Crippen LogP contribution is -2.43. The summed E-state index contributed by atoms with van der Waals surface area (Å²) in [5.41, 5.74) is 1.78. The summed E-state index contributed by atoms with van der Waals surface area (Å²) in [6, 6.07) is 8.28. The lowest BCUT2D eigenvalue weighted by atomic mass is 10.2. The highest BCUT2D eigenvalue weighted by Crippen LogP contribution is 2.15. The van der Waals surface area contributed by atoms with Crippen LogP contribution in [0.1, 0.15) is 33.3 Å². The molecule has 0 atom stereocenters. The number of nitrogens with zero attached hydrogens (tertiary/aromatic N) is 2. The Morgan fingerprint density at radius 1 is 1.24 bits per heavy atom. The van der Waals surface area contributed by atoms with Crippen molar-refractivity contribution in [1.82, 2.24) is 10.2 Å². The van der Waals surface area contributed by atoms with E-state index in [0.717, 1.165) is 12.2 Å². The number of aryl methyl sites for hydroxylation is 1. The average Bonchev–Trinajstić information content (AvgIpc) is 2.49. The smallest absolute Gasteiger partial charge is 0.410 e. The molecule has 0 fully saturated rings. The number of hydrogen-bond acceptors (Lipinski definition) is 4.